The smallest absolute Gasteiger partial charge is 0.0571 e. The van der Waals surface area contributed by atoms with E-state index in [0.717, 1.165) is 24.5 Å². The molecule has 0 heterocycles. The first-order chi connectivity index (χ1) is 5.33. The molecule has 1 rings (SSSR count). The van der Waals surface area contributed by atoms with Gasteiger partial charge in [-0.1, -0.05) is 25.9 Å². The zero-order valence-electron chi connectivity index (χ0n) is 7.80. The monoisotopic (exact) mass is 157 g/mol. The van der Waals surface area contributed by atoms with Gasteiger partial charge in [0.2, 0.25) is 0 Å². The lowest BCUT2D eigenvalue weighted by Crippen LogP contribution is -2.11. The molecule has 0 atom stereocenters. The van der Waals surface area contributed by atoms with Gasteiger partial charge in [-0.3, -0.25) is 0 Å². The standard InChI is InChI=1S/C7H13NO.C2H6/c1-6-2-4-7(8-9)5-3-6;1-2/h6,9H,2-5H2,1H3;1-2H3. The van der Waals surface area contributed by atoms with E-state index >= 15 is 0 Å². The molecule has 1 aliphatic rings. The highest BCUT2D eigenvalue weighted by Gasteiger charge is 2.12. The van der Waals surface area contributed by atoms with Gasteiger partial charge in [0, 0.05) is 0 Å². The fourth-order valence-electron chi connectivity index (χ4n) is 1.20. The van der Waals surface area contributed by atoms with E-state index in [1.807, 2.05) is 13.8 Å². The fourth-order valence-corrected chi connectivity index (χ4v) is 1.20. The van der Waals surface area contributed by atoms with Crippen molar-refractivity contribution < 1.29 is 5.21 Å². The molecule has 0 saturated heterocycles. The Bertz CT molecular complexity index is 111. The molecule has 2 heteroatoms. The Balaban J connectivity index is 0.000000461. The van der Waals surface area contributed by atoms with Gasteiger partial charge < -0.3 is 5.21 Å². The molecule has 0 amide bonds. The van der Waals surface area contributed by atoms with Crippen molar-refractivity contribution in [1.29, 1.82) is 0 Å². The van der Waals surface area contributed by atoms with Crippen LogP contribution >= 0.6 is 0 Å². The van der Waals surface area contributed by atoms with Gasteiger partial charge >= 0.3 is 0 Å². The van der Waals surface area contributed by atoms with Gasteiger partial charge in [-0.05, 0) is 31.6 Å². The molecule has 2 nitrogen and oxygen atoms in total. The Hall–Kier alpha value is -0.530. The maximum Gasteiger partial charge on any atom is 0.0571 e. The van der Waals surface area contributed by atoms with Crippen LogP contribution in [-0.4, -0.2) is 10.9 Å². The molecule has 0 aromatic carbocycles. The summed E-state index contributed by atoms with van der Waals surface area (Å²) in [7, 11) is 0. The molecule has 0 unspecified atom stereocenters. The molecule has 66 valence electrons. The van der Waals surface area contributed by atoms with E-state index in [1.54, 1.807) is 0 Å². The molecule has 1 aliphatic carbocycles. The predicted molar refractivity (Wildman–Crippen MR) is 48.2 cm³/mol. The predicted octanol–water partition coefficient (Wildman–Crippen LogP) is 3.05. The molecule has 0 aromatic rings. The largest absolute Gasteiger partial charge is 0.411 e. The number of rotatable bonds is 0. The molecular formula is C9H19NO. The summed E-state index contributed by atoms with van der Waals surface area (Å²) in [5, 5.41) is 11.6. The summed E-state index contributed by atoms with van der Waals surface area (Å²) in [6, 6.07) is 0. The van der Waals surface area contributed by atoms with Gasteiger partial charge in [0.05, 0.1) is 5.71 Å². The van der Waals surface area contributed by atoms with E-state index < -0.39 is 0 Å². The van der Waals surface area contributed by atoms with Crippen molar-refractivity contribution in [3.05, 3.63) is 0 Å². The maximum atomic E-state index is 8.37. The van der Waals surface area contributed by atoms with Crippen molar-refractivity contribution in [1.82, 2.24) is 0 Å². The molecule has 0 spiro atoms. The zero-order chi connectivity index (χ0) is 8.69. The zero-order valence-corrected chi connectivity index (χ0v) is 7.80. The van der Waals surface area contributed by atoms with Crippen molar-refractivity contribution in [3.8, 4) is 0 Å². The molecule has 1 N–H and O–H groups in total. The summed E-state index contributed by atoms with van der Waals surface area (Å²) in [5.74, 6) is 0.829. The average molecular weight is 157 g/mol. The topological polar surface area (TPSA) is 32.6 Å². The minimum Gasteiger partial charge on any atom is -0.411 e. The van der Waals surface area contributed by atoms with Crippen LogP contribution < -0.4 is 0 Å². The minimum absolute atomic E-state index is 0.829. The summed E-state index contributed by atoms with van der Waals surface area (Å²) >= 11 is 0. The first-order valence-corrected chi connectivity index (χ1v) is 4.52. The summed E-state index contributed by atoms with van der Waals surface area (Å²) in [5.41, 5.74) is 0.980. The van der Waals surface area contributed by atoms with E-state index in [0.29, 0.717) is 0 Å². The molecule has 11 heavy (non-hydrogen) atoms. The third-order valence-corrected chi connectivity index (χ3v) is 1.99. The fraction of sp³-hybridized carbons (Fsp3) is 0.889. The van der Waals surface area contributed by atoms with Crippen molar-refractivity contribution in [3.63, 3.8) is 0 Å². The summed E-state index contributed by atoms with van der Waals surface area (Å²) < 4.78 is 0. The Morgan fingerprint density at radius 2 is 1.73 bits per heavy atom. The van der Waals surface area contributed by atoms with Gasteiger partial charge in [0.1, 0.15) is 0 Å². The number of hydrogen-bond acceptors (Lipinski definition) is 2. The first-order valence-electron chi connectivity index (χ1n) is 4.52. The lowest BCUT2D eigenvalue weighted by Gasteiger charge is -2.17. The number of nitrogens with zero attached hydrogens (tertiary/aromatic N) is 1. The van der Waals surface area contributed by atoms with Crippen molar-refractivity contribution in [2.45, 2.75) is 46.5 Å². The molecule has 0 bridgehead atoms. The summed E-state index contributed by atoms with van der Waals surface area (Å²) in [6.45, 7) is 6.24. The number of hydrogen-bond donors (Lipinski definition) is 1. The van der Waals surface area contributed by atoms with Crippen LogP contribution in [0.15, 0.2) is 5.16 Å². The van der Waals surface area contributed by atoms with Gasteiger partial charge in [0.15, 0.2) is 0 Å². The summed E-state index contributed by atoms with van der Waals surface area (Å²) in [6.07, 6.45) is 4.38. The lowest BCUT2D eigenvalue weighted by molar-refractivity contribution is 0.311. The van der Waals surface area contributed by atoms with Crippen LogP contribution in [0.4, 0.5) is 0 Å². The van der Waals surface area contributed by atoms with Gasteiger partial charge in [-0.2, -0.15) is 0 Å². The van der Waals surface area contributed by atoms with Crippen LogP contribution in [0.3, 0.4) is 0 Å². The first kappa shape index (κ1) is 10.5. The van der Waals surface area contributed by atoms with Crippen LogP contribution in [0.5, 0.6) is 0 Å². The van der Waals surface area contributed by atoms with E-state index in [4.69, 9.17) is 5.21 Å². The van der Waals surface area contributed by atoms with Crippen molar-refractivity contribution in [2.24, 2.45) is 11.1 Å². The van der Waals surface area contributed by atoms with Crippen molar-refractivity contribution in [2.75, 3.05) is 0 Å². The van der Waals surface area contributed by atoms with Crippen LogP contribution in [0.1, 0.15) is 46.5 Å². The van der Waals surface area contributed by atoms with E-state index in [9.17, 15) is 0 Å². The Morgan fingerprint density at radius 3 is 2.09 bits per heavy atom. The SMILES string of the molecule is CC.CC1CCC(=NO)CC1. The van der Waals surface area contributed by atoms with Crippen LogP contribution in [0.2, 0.25) is 0 Å². The van der Waals surface area contributed by atoms with Gasteiger partial charge in [-0.25, -0.2) is 0 Å². The quantitative estimate of drug-likeness (QED) is 0.425. The third-order valence-electron chi connectivity index (χ3n) is 1.99. The molecular weight excluding hydrogens is 138 g/mol. The van der Waals surface area contributed by atoms with Gasteiger partial charge in [0.25, 0.3) is 0 Å². The third kappa shape index (κ3) is 4.02. The van der Waals surface area contributed by atoms with Crippen molar-refractivity contribution >= 4 is 5.71 Å². The second-order valence-electron chi connectivity index (χ2n) is 2.85. The number of oxime groups is 1. The van der Waals surface area contributed by atoms with E-state index in [-0.39, 0.29) is 0 Å². The average Bonchev–Trinajstić information content (AvgIpc) is 2.10. The maximum absolute atomic E-state index is 8.37. The minimum atomic E-state index is 0.829. The van der Waals surface area contributed by atoms with Crippen LogP contribution in [0.25, 0.3) is 0 Å². The Kier molecular flexibility index (Phi) is 5.90. The highest BCUT2D eigenvalue weighted by Crippen LogP contribution is 2.20. The Labute approximate surface area is 69.3 Å². The van der Waals surface area contributed by atoms with E-state index in [2.05, 4.69) is 12.1 Å². The van der Waals surface area contributed by atoms with E-state index in [1.165, 1.54) is 12.8 Å². The van der Waals surface area contributed by atoms with Crippen LogP contribution in [0, 0.1) is 5.92 Å². The molecule has 1 saturated carbocycles. The van der Waals surface area contributed by atoms with Gasteiger partial charge in [-0.15, -0.1) is 0 Å². The normalized spacial score (nSPS) is 23.5. The second-order valence-corrected chi connectivity index (χ2v) is 2.85. The highest BCUT2D eigenvalue weighted by atomic mass is 16.4. The highest BCUT2D eigenvalue weighted by molar-refractivity contribution is 5.84. The Morgan fingerprint density at radius 1 is 1.27 bits per heavy atom. The summed E-state index contributed by atoms with van der Waals surface area (Å²) in [4.78, 5) is 0. The second kappa shape index (κ2) is 6.20. The molecule has 0 aliphatic heterocycles. The molecule has 0 aromatic heterocycles. The lowest BCUT2D eigenvalue weighted by atomic mass is 9.90. The van der Waals surface area contributed by atoms with Crippen LogP contribution in [-0.2, 0) is 0 Å². The molecule has 1 fully saturated rings. The molecule has 0 radical (unpaired) electrons.